The number of aromatic nitrogens is 1. The lowest BCUT2D eigenvalue weighted by atomic mass is 9.88. The van der Waals surface area contributed by atoms with Crippen molar-refractivity contribution in [2.75, 3.05) is 7.11 Å². The topological polar surface area (TPSA) is 84.3 Å². The maximum Gasteiger partial charge on any atom is 0.256 e. The van der Waals surface area contributed by atoms with E-state index in [0.29, 0.717) is 31.1 Å². The molecule has 4 rings (SSSR count). The summed E-state index contributed by atoms with van der Waals surface area (Å²) in [6.07, 6.45) is 5.85. The van der Waals surface area contributed by atoms with Gasteiger partial charge >= 0.3 is 0 Å². The number of ether oxygens (including phenoxy) is 1. The minimum atomic E-state index is 0.108. The zero-order valence-electron chi connectivity index (χ0n) is 18.6. The Bertz CT molecular complexity index is 1030. The van der Waals surface area contributed by atoms with E-state index >= 15 is 0 Å². The van der Waals surface area contributed by atoms with Crippen LogP contribution in [-0.2, 0) is 6.54 Å². The Balaban J connectivity index is 1.62. The highest BCUT2D eigenvalue weighted by atomic mass is 16.5. The third-order valence-corrected chi connectivity index (χ3v) is 6.67. The molecular formula is C25H32N4O2. The molecule has 1 aromatic heterocycles. The molecule has 31 heavy (non-hydrogen) atoms. The van der Waals surface area contributed by atoms with Gasteiger partial charge in [-0.1, -0.05) is 18.2 Å². The minimum absolute atomic E-state index is 0.108. The number of carbonyl (C=O) groups is 1. The molecule has 2 aliphatic carbocycles. The van der Waals surface area contributed by atoms with Gasteiger partial charge in [0, 0.05) is 34.7 Å². The maximum atomic E-state index is 13.7. The van der Waals surface area contributed by atoms with E-state index in [-0.39, 0.29) is 11.9 Å². The number of hydrogen-bond donors (Lipinski definition) is 2. The lowest BCUT2D eigenvalue weighted by Gasteiger charge is -2.36. The van der Waals surface area contributed by atoms with Crippen LogP contribution in [0, 0.1) is 19.3 Å². The molecule has 3 N–H and O–H groups in total. The molecule has 0 bridgehead atoms. The number of carbonyl (C=O) groups excluding carboxylic acids is 1. The summed E-state index contributed by atoms with van der Waals surface area (Å²) in [5, 5.41) is 8.11. The minimum Gasteiger partial charge on any atom is -0.496 e. The van der Waals surface area contributed by atoms with Gasteiger partial charge in [-0.3, -0.25) is 4.79 Å². The largest absolute Gasteiger partial charge is 0.496 e. The van der Waals surface area contributed by atoms with Crippen LogP contribution in [0.25, 0.3) is 0 Å². The number of nitrogens with one attached hydrogen (secondary N) is 1. The highest BCUT2D eigenvalue weighted by Crippen LogP contribution is 2.36. The van der Waals surface area contributed by atoms with Gasteiger partial charge < -0.3 is 25.3 Å². The van der Waals surface area contributed by atoms with Gasteiger partial charge in [0.2, 0.25) is 0 Å². The Morgan fingerprint density at radius 1 is 1.26 bits per heavy atom. The number of methoxy groups -OCH3 is 1. The van der Waals surface area contributed by atoms with E-state index in [1.54, 1.807) is 13.3 Å². The predicted octanol–water partition coefficient (Wildman–Crippen LogP) is 4.18. The summed E-state index contributed by atoms with van der Waals surface area (Å²) in [7, 11) is 1.69. The van der Waals surface area contributed by atoms with E-state index in [9.17, 15) is 4.79 Å². The molecule has 6 nitrogen and oxygen atoms in total. The number of aryl methyl sites for hydroxylation is 1. The Kier molecular flexibility index (Phi) is 5.90. The van der Waals surface area contributed by atoms with Gasteiger partial charge in [0.1, 0.15) is 5.75 Å². The van der Waals surface area contributed by atoms with Crippen LogP contribution in [0.3, 0.4) is 0 Å². The van der Waals surface area contributed by atoms with Crippen LogP contribution in [0.4, 0.5) is 0 Å². The van der Waals surface area contributed by atoms with Gasteiger partial charge in [-0.05, 0) is 69.9 Å². The molecule has 1 unspecified atom stereocenters. The van der Waals surface area contributed by atoms with Gasteiger partial charge in [0.05, 0.1) is 19.2 Å². The molecule has 0 saturated heterocycles. The summed E-state index contributed by atoms with van der Waals surface area (Å²) in [5.74, 6) is 0.963. The van der Waals surface area contributed by atoms with Crippen molar-refractivity contribution in [2.45, 2.75) is 64.6 Å². The standard InChI is InChI=1S/C25H32N4O2/c1-16-12-22(17(2)28(16)15-18-6-4-5-7-24(18)31-3)25(30)29(20-8-9-20)21-10-11-23(27)19(13-21)14-26/h4-7,12,14,20-21,27H,8-11,13,15,26H2,1-3H3/b19-14-,27-23?. The average molecular weight is 421 g/mol. The number of rotatable bonds is 6. The second-order valence-corrected chi connectivity index (χ2v) is 8.69. The quantitative estimate of drug-likeness (QED) is 0.735. The molecule has 0 spiro atoms. The highest BCUT2D eigenvalue weighted by molar-refractivity contribution is 5.99. The fourth-order valence-corrected chi connectivity index (χ4v) is 4.74. The van der Waals surface area contributed by atoms with Gasteiger partial charge in [-0.2, -0.15) is 0 Å². The smallest absolute Gasteiger partial charge is 0.256 e. The maximum absolute atomic E-state index is 13.7. The van der Waals surface area contributed by atoms with Crippen LogP contribution in [0.1, 0.15) is 59.4 Å². The summed E-state index contributed by atoms with van der Waals surface area (Å²) in [5.41, 5.74) is 11.2. The van der Waals surface area contributed by atoms with E-state index in [2.05, 4.69) is 22.5 Å². The SMILES string of the molecule is COc1ccccc1Cn1c(C)cc(C(=O)N(C2CC2)C2CCC(=N)/C(=C\N)C2)c1C. The normalized spacial score (nSPS) is 20.2. The Morgan fingerprint density at radius 3 is 2.68 bits per heavy atom. The molecule has 0 radical (unpaired) electrons. The van der Waals surface area contributed by atoms with Crippen LogP contribution in [0.2, 0.25) is 0 Å². The van der Waals surface area contributed by atoms with E-state index in [1.165, 1.54) is 0 Å². The summed E-state index contributed by atoms with van der Waals surface area (Å²) in [4.78, 5) is 15.8. The van der Waals surface area contributed by atoms with Crippen molar-refractivity contribution >= 4 is 11.6 Å². The third kappa shape index (κ3) is 4.11. The molecule has 0 aliphatic heterocycles. The Hall–Kier alpha value is -3.02. The number of nitrogens with two attached hydrogens (primary N) is 1. The monoisotopic (exact) mass is 420 g/mol. The molecule has 2 fully saturated rings. The van der Waals surface area contributed by atoms with Crippen LogP contribution >= 0.6 is 0 Å². The second kappa shape index (κ2) is 8.61. The fraction of sp³-hybridized carbons (Fsp3) is 0.440. The molecular weight excluding hydrogens is 388 g/mol. The molecule has 1 heterocycles. The van der Waals surface area contributed by atoms with Crippen molar-refractivity contribution in [3.63, 3.8) is 0 Å². The molecule has 1 atom stereocenters. The van der Waals surface area contributed by atoms with E-state index in [1.807, 2.05) is 31.2 Å². The van der Waals surface area contributed by atoms with Crippen molar-refractivity contribution in [3.8, 4) is 5.75 Å². The van der Waals surface area contributed by atoms with Crippen LogP contribution in [0.15, 0.2) is 42.1 Å². The molecule has 164 valence electrons. The number of para-hydroxylation sites is 1. The molecule has 1 amide bonds. The van der Waals surface area contributed by atoms with Crippen LogP contribution in [-0.4, -0.2) is 40.3 Å². The van der Waals surface area contributed by atoms with Crippen molar-refractivity contribution in [2.24, 2.45) is 5.73 Å². The van der Waals surface area contributed by atoms with E-state index < -0.39 is 0 Å². The first-order valence-corrected chi connectivity index (χ1v) is 11.0. The lowest BCUT2D eigenvalue weighted by Crippen LogP contribution is -2.44. The summed E-state index contributed by atoms with van der Waals surface area (Å²) >= 11 is 0. The Morgan fingerprint density at radius 2 is 2.00 bits per heavy atom. The number of benzene rings is 1. The third-order valence-electron chi connectivity index (χ3n) is 6.67. The molecule has 2 aromatic rings. The van der Waals surface area contributed by atoms with Crippen molar-refractivity contribution in [3.05, 3.63) is 64.6 Å². The van der Waals surface area contributed by atoms with Crippen LogP contribution in [0.5, 0.6) is 5.75 Å². The lowest BCUT2D eigenvalue weighted by molar-refractivity contribution is 0.0646. The summed E-state index contributed by atoms with van der Waals surface area (Å²) < 4.78 is 7.71. The van der Waals surface area contributed by atoms with Gasteiger partial charge in [-0.15, -0.1) is 0 Å². The number of hydrogen-bond acceptors (Lipinski definition) is 4. The van der Waals surface area contributed by atoms with Gasteiger partial charge in [0.15, 0.2) is 0 Å². The number of nitrogens with zero attached hydrogens (tertiary/aromatic N) is 2. The molecule has 2 aliphatic rings. The van der Waals surface area contributed by atoms with Crippen molar-refractivity contribution in [1.29, 1.82) is 5.41 Å². The predicted molar refractivity (Wildman–Crippen MR) is 123 cm³/mol. The van der Waals surface area contributed by atoms with Crippen molar-refractivity contribution < 1.29 is 9.53 Å². The second-order valence-electron chi connectivity index (χ2n) is 8.69. The van der Waals surface area contributed by atoms with E-state index in [4.69, 9.17) is 15.9 Å². The van der Waals surface area contributed by atoms with Gasteiger partial charge in [-0.25, -0.2) is 0 Å². The molecule has 2 saturated carbocycles. The first-order valence-electron chi connectivity index (χ1n) is 11.0. The summed E-state index contributed by atoms with van der Waals surface area (Å²) in [6.45, 7) is 4.75. The van der Waals surface area contributed by atoms with Gasteiger partial charge in [0.25, 0.3) is 5.91 Å². The molecule has 1 aromatic carbocycles. The first-order chi connectivity index (χ1) is 14.9. The summed E-state index contributed by atoms with van der Waals surface area (Å²) in [6, 6.07) is 10.4. The molecule has 6 heteroatoms. The Labute approximate surface area is 184 Å². The number of amides is 1. The first kappa shape index (κ1) is 21.2. The van der Waals surface area contributed by atoms with Crippen LogP contribution < -0.4 is 10.5 Å². The van der Waals surface area contributed by atoms with Crippen molar-refractivity contribution in [1.82, 2.24) is 9.47 Å². The highest BCUT2D eigenvalue weighted by Gasteiger charge is 2.40. The zero-order chi connectivity index (χ0) is 22.1. The van der Waals surface area contributed by atoms with E-state index in [0.717, 1.165) is 53.1 Å². The average Bonchev–Trinajstić information content (AvgIpc) is 3.57. The fourth-order valence-electron chi connectivity index (χ4n) is 4.74. The zero-order valence-corrected chi connectivity index (χ0v) is 18.6.